The molecule has 17 heavy (non-hydrogen) atoms. The summed E-state index contributed by atoms with van der Waals surface area (Å²) in [5.41, 5.74) is 0. The summed E-state index contributed by atoms with van der Waals surface area (Å²) in [6.07, 6.45) is 0. The smallest absolute Gasteiger partial charge is 0.234 e. The number of amides is 1. The first kappa shape index (κ1) is 22.1. The van der Waals surface area contributed by atoms with Gasteiger partial charge >= 0.3 is 0 Å². The highest BCUT2D eigenvalue weighted by molar-refractivity contribution is 5.85. The molecule has 0 fully saturated rings. The lowest BCUT2D eigenvalue weighted by molar-refractivity contribution is -0.120. The Kier molecular flexibility index (Phi) is 20.7. The third-order valence-electron chi connectivity index (χ3n) is 2.12. The Morgan fingerprint density at radius 2 is 1.94 bits per heavy atom. The van der Waals surface area contributed by atoms with E-state index in [1.54, 1.807) is 7.11 Å². The van der Waals surface area contributed by atoms with Crippen molar-refractivity contribution >= 4 is 30.7 Å². The minimum Gasteiger partial charge on any atom is -0.383 e. The van der Waals surface area contributed by atoms with E-state index in [0.29, 0.717) is 26.2 Å². The van der Waals surface area contributed by atoms with Crippen LogP contribution in [0.25, 0.3) is 0 Å². The van der Waals surface area contributed by atoms with Crippen LogP contribution in [0.1, 0.15) is 6.92 Å². The number of rotatable bonds is 9. The lowest BCUT2D eigenvalue weighted by atomic mass is 10.5. The highest BCUT2D eigenvalue weighted by Gasteiger charge is 2.00. The Morgan fingerprint density at radius 1 is 1.29 bits per heavy atom. The molecule has 0 bridgehead atoms. The number of nitrogens with one attached hydrogen (secondary N) is 2. The van der Waals surface area contributed by atoms with Crippen LogP contribution in [0, 0.1) is 0 Å². The molecule has 0 aromatic heterocycles. The van der Waals surface area contributed by atoms with Crippen molar-refractivity contribution in [3.8, 4) is 0 Å². The molecule has 106 valence electrons. The number of hydrogen-bond acceptors (Lipinski definition) is 4. The van der Waals surface area contributed by atoms with Gasteiger partial charge in [0.25, 0.3) is 0 Å². The second kappa shape index (κ2) is 15.9. The summed E-state index contributed by atoms with van der Waals surface area (Å²) in [6.45, 7) is 6.38. The molecule has 0 aromatic rings. The summed E-state index contributed by atoms with van der Waals surface area (Å²) in [5.74, 6) is 0.0376. The molecular formula is C10H25Cl2N3O2. The van der Waals surface area contributed by atoms with Gasteiger partial charge in [-0.15, -0.1) is 24.8 Å². The molecule has 0 aliphatic rings. The van der Waals surface area contributed by atoms with Crippen molar-refractivity contribution in [1.29, 1.82) is 0 Å². The molecule has 0 spiro atoms. The van der Waals surface area contributed by atoms with Crippen molar-refractivity contribution in [1.82, 2.24) is 15.5 Å². The monoisotopic (exact) mass is 289 g/mol. The van der Waals surface area contributed by atoms with Crippen LogP contribution in [0.15, 0.2) is 0 Å². The van der Waals surface area contributed by atoms with Crippen molar-refractivity contribution in [2.75, 3.05) is 53.5 Å². The highest BCUT2D eigenvalue weighted by Crippen LogP contribution is 1.77. The Labute approximate surface area is 116 Å². The van der Waals surface area contributed by atoms with Crippen molar-refractivity contribution in [3.63, 3.8) is 0 Å². The van der Waals surface area contributed by atoms with Gasteiger partial charge in [0, 0.05) is 26.7 Å². The molecule has 0 atom stereocenters. The first-order chi connectivity index (χ1) is 7.20. The molecule has 0 aliphatic heterocycles. The van der Waals surface area contributed by atoms with Gasteiger partial charge in [0.05, 0.1) is 13.2 Å². The fourth-order valence-electron chi connectivity index (χ4n) is 0.983. The van der Waals surface area contributed by atoms with Gasteiger partial charge in [-0.2, -0.15) is 0 Å². The van der Waals surface area contributed by atoms with Gasteiger partial charge in [-0.1, -0.05) is 6.92 Å². The molecule has 0 unspecified atom stereocenters. The molecule has 2 N–H and O–H groups in total. The lowest BCUT2D eigenvalue weighted by Gasteiger charge is -2.14. The Bertz CT molecular complexity index is 174. The quantitative estimate of drug-likeness (QED) is 0.593. The lowest BCUT2D eigenvalue weighted by Crippen LogP contribution is -2.38. The number of carbonyl (C=O) groups excluding carboxylic acids is 1. The van der Waals surface area contributed by atoms with Gasteiger partial charge < -0.3 is 20.3 Å². The standard InChI is InChI=1S/C10H23N3O2.2ClH/c1-4-13(2)7-5-12-10(14)9-11-6-8-15-3;;/h11H,4-9H2,1-3H3,(H,12,14);2*1H. The minimum absolute atomic E-state index is 0. The van der Waals surface area contributed by atoms with E-state index < -0.39 is 0 Å². The van der Waals surface area contributed by atoms with E-state index in [1.807, 2.05) is 7.05 Å². The Balaban J connectivity index is -0.000000980. The van der Waals surface area contributed by atoms with Crippen LogP contribution in [-0.2, 0) is 9.53 Å². The molecule has 0 heterocycles. The molecule has 0 aromatic carbocycles. The van der Waals surface area contributed by atoms with Gasteiger partial charge in [-0.3, -0.25) is 4.79 Å². The van der Waals surface area contributed by atoms with E-state index in [-0.39, 0.29) is 30.7 Å². The predicted molar refractivity (Wildman–Crippen MR) is 75.4 cm³/mol. The third-order valence-corrected chi connectivity index (χ3v) is 2.12. The van der Waals surface area contributed by atoms with Gasteiger partial charge in [0.2, 0.25) is 5.91 Å². The fourth-order valence-corrected chi connectivity index (χ4v) is 0.983. The molecule has 7 heteroatoms. The Hall–Kier alpha value is -0.0700. The third kappa shape index (κ3) is 15.9. The van der Waals surface area contributed by atoms with Crippen LogP contribution in [-0.4, -0.2) is 64.3 Å². The van der Waals surface area contributed by atoms with Gasteiger partial charge in [-0.05, 0) is 13.6 Å². The molecule has 0 rings (SSSR count). The second-order valence-electron chi connectivity index (χ2n) is 3.42. The van der Waals surface area contributed by atoms with Crippen LogP contribution in [0.3, 0.4) is 0 Å². The molecular weight excluding hydrogens is 265 g/mol. The SMILES string of the molecule is CCN(C)CCNC(=O)CNCCOC.Cl.Cl. The summed E-state index contributed by atoms with van der Waals surface area (Å²) in [6, 6.07) is 0. The van der Waals surface area contributed by atoms with E-state index in [4.69, 9.17) is 4.74 Å². The number of ether oxygens (including phenoxy) is 1. The molecule has 0 saturated carbocycles. The van der Waals surface area contributed by atoms with E-state index in [0.717, 1.165) is 13.1 Å². The summed E-state index contributed by atoms with van der Waals surface area (Å²) in [5, 5.41) is 5.83. The second-order valence-corrected chi connectivity index (χ2v) is 3.42. The average Bonchev–Trinajstić information content (AvgIpc) is 2.24. The Morgan fingerprint density at radius 3 is 2.47 bits per heavy atom. The van der Waals surface area contributed by atoms with Crippen LogP contribution in [0.4, 0.5) is 0 Å². The first-order valence-electron chi connectivity index (χ1n) is 5.35. The normalized spacial score (nSPS) is 9.41. The zero-order valence-corrected chi connectivity index (χ0v) is 12.5. The van der Waals surface area contributed by atoms with Crippen LogP contribution < -0.4 is 10.6 Å². The summed E-state index contributed by atoms with van der Waals surface area (Å²) in [4.78, 5) is 13.4. The first-order valence-corrected chi connectivity index (χ1v) is 5.35. The minimum atomic E-state index is 0. The summed E-state index contributed by atoms with van der Waals surface area (Å²) in [7, 11) is 3.67. The number of carbonyl (C=O) groups is 1. The van der Waals surface area contributed by atoms with Crippen molar-refractivity contribution in [3.05, 3.63) is 0 Å². The zero-order valence-electron chi connectivity index (χ0n) is 10.8. The number of hydrogen-bond donors (Lipinski definition) is 2. The highest BCUT2D eigenvalue weighted by atomic mass is 35.5. The number of methoxy groups -OCH3 is 1. The van der Waals surface area contributed by atoms with Crippen LogP contribution in [0.5, 0.6) is 0 Å². The topological polar surface area (TPSA) is 53.6 Å². The van der Waals surface area contributed by atoms with E-state index in [1.165, 1.54) is 0 Å². The average molecular weight is 290 g/mol. The number of halogens is 2. The van der Waals surface area contributed by atoms with Gasteiger partial charge in [-0.25, -0.2) is 0 Å². The van der Waals surface area contributed by atoms with E-state index in [2.05, 4.69) is 22.5 Å². The summed E-state index contributed by atoms with van der Waals surface area (Å²) >= 11 is 0. The zero-order chi connectivity index (χ0) is 11.5. The molecule has 1 amide bonds. The van der Waals surface area contributed by atoms with Crippen molar-refractivity contribution < 1.29 is 9.53 Å². The summed E-state index contributed by atoms with van der Waals surface area (Å²) < 4.78 is 4.85. The van der Waals surface area contributed by atoms with Crippen LogP contribution in [0.2, 0.25) is 0 Å². The van der Waals surface area contributed by atoms with Gasteiger partial charge in [0.1, 0.15) is 0 Å². The molecule has 0 radical (unpaired) electrons. The van der Waals surface area contributed by atoms with Crippen molar-refractivity contribution in [2.45, 2.75) is 6.92 Å². The maximum Gasteiger partial charge on any atom is 0.234 e. The maximum atomic E-state index is 11.2. The predicted octanol–water partition coefficient (Wildman–Crippen LogP) is 0.134. The number of likely N-dealkylation sites (N-methyl/N-ethyl adjacent to an activating group) is 1. The maximum absolute atomic E-state index is 11.2. The largest absolute Gasteiger partial charge is 0.383 e. The van der Waals surface area contributed by atoms with E-state index in [9.17, 15) is 4.79 Å². The molecule has 5 nitrogen and oxygen atoms in total. The van der Waals surface area contributed by atoms with E-state index >= 15 is 0 Å². The number of nitrogens with zero attached hydrogens (tertiary/aromatic N) is 1. The fraction of sp³-hybridized carbons (Fsp3) is 0.900. The van der Waals surface area contributed by atoms with Crippen LogP contribution >= 0.6 is 24.8 Å². The molecule has 0 aliphatic carbocycles. The van der Waals surface area contributed by atoms with Gasteiger partial charge in [0.15, 0.2) is 0 Å². The van der Waals surface area contributed by atoms with Crippen molar-refractivity contribution in [2.24, 2.45) is 0 Å². The molecule has 0 saturated heterocycles.